The summed E-state index contributed by atoms with van der Waals surface area (Å²) in [6.45, 7) is -0.179. The highest BCUT2D eigenvalue weighted by molar-refractivity contribution is 5.80. The number of rotatable bonds is 5. The fourth-order valence-corrected chi connectivity index (χ4v) is 2.83. The van der Waals surface area contributed by atoms with Crippen LogP contribution in [0.25, 0.3) is 11.0 Å². The number of halogens is 3. The molecule has 6 nitrogen and oxygen atoms in total. The van der Waals surface area contributed by atoms with Gasteiger partial charge in [-0.1, -0.05) is 6.07 Å². The maximum atomic E-state index is 13.2. The molecule has 0 aliphatic rings. The molecule has 0 spiro atoms. The van der Waals surface area contributed by atoms with Crippen LogP contribution in [0.2, 0.25) is 0 Å². The van der Waals surface area contributed by atoms with Gasteiger partial charge >= 0.3 is 6.18 Å². The Hall–Kier alpha value is -3.10. The second-order valence-electron chi connectivity index (χ2n) is 5.62. The molecule has 0 unspecified atom stereocenters. The van der Waals surface area contributed by atoms with Crippen LogP contribution >= 0.6 is 0 Å². The standard InChI is InChI=1S/C18H16F3NO5/c1-24-10-7-14(25-2)11(15(8-10)26-3)9-22-17(23)16-12(18(19,20)21)5-4-6-13(16)27-22/h4-8H,9H2,1-3H3. The van der Waals surface area contributed by atoms with Gasteiger partial charge in [-0.05, 0) is 12.1 Å². The van der Waals surface area contributed by atoms with Gasteiger partial charge in [0.2, 0.25) is 0 Å². The molecule has 0 bridgehead atoms. The van der Waals surface area contributed by atoms with Gasteiger partial charge in [-0.3, -0.25) is 4.79 Å². The van der Waals surface area contributed by atoms with Crippen molar-refractivity contribution < 1.29 is 31.9 Å². The van der Waals surface area contributed by atoms with Gasteiger partial charge in [0.25, 0.3) is 5.56 Å². The monoisotopic (exact) mass is 383 g/mol. The smallest absolute Gasteiger partial charge is 0.417 e. The molecule has 0 aliphatic heterocycles. The molecule has 0 atom stereocenters. The van der Waals surface area contributed by atoms with Crippen LogP contribution in [0, 0.1) is 0 Å². The van der Waals surface area contributed by atoms with Crippen LogP contribution in [0.15, 0.2) is 39.6 Å². The third kappa shape index (κ3) is 3.32. The Balaban J connectivity index is 2.16. The molecule has 144 valence electrons. The van der Waals surface area contributed by atoms with Crippen molar-refractivity contribution in [3.8, 4) is 17.2 Å². The summed E-state index contributed by atoms with van der Waals surface area (Å²) < 4.78 is 61.6. The fraction of sp³-hybridized carbons (Fsp3) is 0.278. The quantitative estimate of drug-likeness (QED) is 0.673. The molecule has 0 N–H and O–H groups in total. The van der Waals surface area contributed by atoms with E-state index in [1.54, 1.807) is 12.1 Å². The van der Waals surface area contributed by atoms with Crippen molar-refractivity contribution in [1.82, 2.24) is 4.74 Å². The molecular formula is C18H16F3NO5. The van der Waals surface area contributed by atoms with Crippen molar-refractivity contribution in [2.24, 2.45) is 0 Å². The van der Waals surface area contributed by atoms with Crippen LogP contribution in [0.3, 0.4) is 0 Å². The number of fused-ring (bicyclic) bond motifs is 1. The zero-order chi connectivity index (χ0) is 19.8. The average Bonchev–Trinajstić information content (AvgIpc) is 2.96. The van der Waals surface area contributed by atoms with Gasteiger partial charge in [0, 0.05) is 12.1 Å². The van der Waals surface area contributed by atoms with Gasteiger partial charge in [0.15, 0.2) is 5.58 Å². The lowest BCUT2D eigenvalue weighted by molar-refractivity contribution is -0.136. The Morgan fingerprint density at radius 2 is 1.67 bits per heavy atom. The molecule has 0 saturated carbocycles. The number of nitrogens with zero attached hydrogens (tertiary/aromatic N) is 1. The number of hydrogen-bond acceptors (Lipinski definition) is 5. The van der Waals surface area contributed by atoms with E-state index in [-0.39, 0.29) is 12.1 Å². The summed E-state index contributed by atoms with van der Waals surface area (Å²) in [6, 6.07) is 6.50. The minimum Gasteiger partial charge on any atom is -0.496 e. The maximum absolute atomic E-state index is 13.2. The maximum Gasteiger partial charge on any atom is 0.417 e. The van der Waals surface area contributed by atoms with Crippen LogP contribution in [-0.2, 0) is 12.7 Å². The molecule has 0 aliphatic carbocycles. The van der Waals surface area contributed by atoms with Crippen LogP contribution in [0.5, 0.6) is 17.2 Å². The summed E-state index contributed by atoms with van der Waals surface area (Å²) in [6.07, 6.45) is -4.67. The minimum absolute atomic E-state index is 0.152. The van der Waals surface area contributed by atoms with E-state index in [0.29, 0.717) is 22.8 Å². The van der Waals surface area contributed by atoms with E-state index < -0.39 is 22.7 Å². The van der Waals surface area contributed by atoms with E-state index in [1.165, 1.54) is 33.5 Å². The Morgan fingerprint density at radius 1 is 1.04 bits per heavy atom. The van der Waals surface area contributed by atoms with Crippen LogP contribution in [0.1, 0.15) is 11.1 Å². The third-order valence-corrected chi connectivity index (χ3v) is 4.10. The Morgan fingerprint density at radius 3 is 2.19 bits per heavy atom. The van der Waals surface area contributed by atoms with Crippen molar-refractivity contribution in [3.63, 3.8) is 0 Å². The van der Waals surface area contributed by atoms with E-state index in [0.717, 1.165) is 10.8 Å². The number of hydrogen-bond donors (Lipinski definition) is 0. The van der Waals surface area contributed by atoms with Gasteiger partial charge in [-0.2, -0.15) is 17.9 Å². The lowest BCUT2D eigenvalue weighted by Crippen LogP contribution is -2.18. The molecule has 0 radical (unpaired) electrons. The van der Waals surface area contributed by atoms with Gasteiger partial charge in [0.1, 0.15) is 22.6 Å². The number of alkyl halides is 3. The second kappa shape index (κ2) is 6.90. The number of benzene rings is 2. The summed E-state index contributed by atoms with van der Waals surface area (Å²) in [5.74, 6) is 1.15. The highest BCUT2D eigenvalue weighted by Gasteiger charge is 2.35. The van der Waals surface area contributed by atoms with Crippen LogP contribution in [0.4, 0.5) is 13.2 Å². The van der Waals surface area contributed by atoms with Gasteiger partial charge in [0.05, 0.1) is 39.0 Å². The fourth-order valence-electron chi connectivity index (χ4n) is 2.83. The predicted molar refractivity (Wildman–Crippen MR) is 90.7 cm³/mol. The molecule has 2 aromatic carbocycles. The third-order valence-electron chi connectivity index (χ3n) is 4.10. The van der Waals surface area contributed by atoms with Crippen molar-refractivity contribution >= 4 is 11.0 Å². The lowest BCUT2D eigenvalue weighted by atomic mass is 10.1. The Kier molecular flexibility index (Phi) is 4.77. The van der Waals surface area contributed by atoms with Crippen molar-refractivity contribution in [2.45, 2.75) is 12.7 Å². The second-order valence-corrected chi connectivity index (χ2v) is 5.62. The van der Waals surface area contributed by atoms with E-state index >= 15 is 0 Å². The van der Waals surface area contributed by atoms with E-state index in [4.69, 9.17) is 18.7 Å². The first kappa shape index (κ1) is 18.7. The molecule has 0 fully saturated rings. The number of methoxy groups -OCH3 is 3. The number of aromatic nitrogens is 1. The molecule has 0 amide bonds. The van der Waals surface area contributed by atoms with Crippen molar-refractivity contribution in [2.75, 3.05) is 21.3 Å². The molecule has 0 saturated heterocycles. The number of ether oxygens (including phenoxy) is 3. The summed E-state index contributed by atoms with van der Waals surface area (Å²) >= 11 is 0. The molecule has 3 aromatic rings. The van der Waals surface area contributed by atoms with Gasteiger partial charge in [-0.15, -0.1) is 0 Å². The van der Waals surface area contributed by atoms with Crippen molar-refractivity contribution in [1.29, 1.82) is 0 Å². The Labute approximate surface area is 151 Å². The van der Waals surface area contributed by atoms with Gasteiger partial charge < -0.3 is 18.7 Å². The first-order valence-electron chi connectivity index (χ1n) is 7.79. The first-order valence-corrected chi connectivity index (χ1v) is 7.79. The summed E-state index contributed by atoms with van der Waals surface area (Å²) in [7, 11) is 4.30. The van der Waals surface area contributed by atoms with E-state index in [2.05, 4.69) is 0 Å². The molecule has 1 heterocycles. The summed E-state index contributed by atoms with van der Waals surface area (Å²) in [5, 5.41) is -0.517. The van der Waals surface area contributed by atoms with Gasteiger partial charge in [-0.25, -0.2) is 0 Å². The lowest BCUT2D eigenvalue weighted by Gasteiger charge is -2.14. The summed E-state index contributed by atoms with van der Waals surface area (Å²) in [5.41, 5.74) is -1.66. The predicted octanol–water partition coefficient (Wildman–Crippen LogP) is 3.69. The highest BCUT2D eigenvalue weighted by atomic mass is 19.4. The zero-order valence-corrected chi connectivity index (χ0v) is 14.7. The highest BCUT2D eigenvalue weighted by Crippen LogP contribution is 2.36. The molecule has 27 heavy (non-hydrogen) atoms. The normalized spacial score (nSPS) is 11.6. The SMILES string of the molecule is COc1cc(OC)c(Cn2oc3cccc(C(F)(F)F)c3c2=O)c(OC)c1. The molecule has 1 aromatic heterocycles. The molecule has 9 heteroatoms. The summed E-state index contributed by atoms with van der Waals surface area (Å²) in [4.78, 5) is 12.6. The van der Waals surface area contributed by atoms with Crippen molar-refractivity contribution in [3.05, 3.63) is 51.8 Å². The Bertz CT molecular complexity index is 1010. The first-order chi connectivity index (χ1) is 12.8. The molecule has 3 rings (SSSR count). The average molecular weight is 383 g/mol. The molecular weight excluding hydrogens is 367 g/mol. The topological polar surface area (TPSA) is 62.8 Å². The van der Waals surface area contributed by atoms with Crippen LogP contribution < -0.4 is 19.8 Å². The van der Waals surface area contributed by atoms with Crippen LogP contribution in [-0.4, -0.2) is 26.1 Å². The van der Waals surface area contributed by atoms with E-state index in [1.807, 2.05) is 0 Å². The minimum atomic E-state index is -4.67. The van der Waals surface area contributed by atoms with E-state index in [9.17, 15) is 18.0 Å². The largest absolute Gasteiger partial charge is 0.496 e. The zero-order valence-electron chi connectivity index (χ0n) is 14.7.